The van der Waals surface area contributed by atoms with Crippen molar-refractivity contribution in [2.75, 3.05) is 18.6 Å². The Morgan fingerprint density at radius 3 is 2.39 bits per heavy atom. The second-order valence-corrected chi connectivity index (χ2v) is 10.4. The fourth-order valence-electron chi connectivity index (χ4n) is 5.26. The topological polar surface area (TPSA) is 89.0 Å². The summed E-state index contributed by atoms with van der Waals surface area (Å²) in [5.41, 5.74) is -0.300. The van der Waals surface area contributed by atoms with Crippen molar-refractivity contribution in [2.45, 2.75) is 51.2 Å². The van der Waals surface area contributed by atoms with Crippen LogP contribution in [0.1, 0.15) is 54.1 Å². The van der Waals surface area contributed by atoms with Crippen LogP contribution in [0.2, 0.25) is 0 Å². The van der Waals surface area contributed by atoms with E-state index in [2.05, 4.69) is 11.9 Å². The predicted molar refractivity (Wildman–Crippen MR) is 147 cm³/mol. The zero-order valence-corrected chi connectivity index (χ0v) is 22.9. The lowest BCUT2D eigenvalue weighted by Crippen LogP contribution is -2.48. The van der Waals surface area contributed by atoms with E-state index in [0.29, 0.717) is 25.2 Å². The van der Waals surface area contributed by atoms with Crippen LogP contribution in [0.3, 0.4) is 0 Å². The quantitative estimate of drug-likeness (QED) is 0.282. The number of rotatable bonds is 10. The van der Waals surface area contributed by atoms with Gasteiger partial charge in [-0.2, -0.15) is 13.2 Å². The number of anilines is 1. The third kappa shape index (κ3) is 7.43. The van der Waals surface area contributed by atoms with Crippen LogP contribution in [0.25, 0.3) is 0 Å². The van der Waals surface area contributed by atoms with E-state index in [-0.39, 0.29) is 35.4 Å². The van der Waals surface area contributed by atoms with E-state index >= 15 is 0 Å². The number of benzene rings is 2. The number of carbonyl (C=O) groups excluding carboxylic acids is 1. The number of hydrogen-bond acceptors (Lipinski definition) is 5. The number of alkyl halides is 3. The fraction of sp³-hybridized carbons (Fsp3) is 0.387. The minimum atomic E-state index is -4.72. The molecule has 0 spiro atoms. The number of methoxy groups -OCH3 is 1. The standard InChI is InChI=1S/C31H33F3N2O5/c1-20-10-12-22(13-11-20)29(37)36(23(19-40-2)17-21-7-4-3-5-8-21)27-15-14-24(18-25(27)30(38)39)41-28-26(31(32,33)34)9-6-16-35-28/h3-9,14-16,18,20,22-23H,10-13,17,19H2,1-2H3,(H,38,39)/t20?,22?,23-/m1/s1. The molecule has 1 fully saturated rings. The van der Waals surface area contributed by atoms with E-state index in [1.165, 1.54) is 24.1 Å². The number of aromatic carboxylic acids is 1. The van der Waals surface area contributed by atoms with Crippen LogP contribution in [-0.4, -0.2) is 41.7 Å². The van der Waals surface area contributed by atoms with Crippen LogP contribution in [0.15, 0.2) is 66.9 Å². The number of pyridine rings is 1. The van der Waals surface area contributed by atoms with Gasteiger partial charge in [-0.25, -0.2) is 9.78 Å². The van der Waals surface area contributed by atoms with E-state index in [0.717, 1.165) is 42.8 Å². The second kappa shape index (κ2) is 13.2. The van der Waals surface area contributed by atoms with Gasteiger partial charge in [-0.15, -0.1) is 0 Å². The Hall–Kier alpha value is -3.92. The van der Waals surface area contributed by atoms with Gasteiger partial charge < -0.3 is 19.5 Å². The molecule has 4 rings (SSSR count). The zero-order valence-electron chi connectivity index (χ0n) is 22.9. The third-order valence-corrected chi connectivity index (χ3v) is 7.39. The molecule has 1 saturated carbocycles. The zero-order chi connectivity index (χ0) is 29.6. The van der Waals surface area contributed by atoms with Gasteiger partial charge in [0.25, 0.3) is 0 Å². The van der Waals surface area contributed by atoms with Gasteiger partial charge in [-0.05, 0) is 73.9 Å². The van der Waals surface area contributed by atoms with Crippen LogP contribution in [0.5, 0.6) is 11.6 Å². The molecule has 0 saturated heterocycles. The maximum atomic E-state index is 14.1. The molecule has 218 valence electrons. The van der Waals surface area contributed by atoms with Gasteiger partial charge in [0.05, 0.1) is 23.9 Å². The molecule has 0 radical (unpaired) electrons. The molecule has 0 aliphatic heterocycles. The molecule has 41 heavy (non-hydrogen) atoms. The molecule has 1 N–H and O–H groups in total. The molecular weight excluding hydrogens is 537 g/mol. The summed E-state index contributed by atoms with van der Waals surface area (Å²) < 4.78 is 51.4. The molecule has 0 bridgehead atoms. The minimum Gasteiger partial charge on any atom is -0.478 e. The Labute approximate surface area is 236 Å². The molecule has 2 aromatic carbocycles. The normalized spacial score (nSPS) is 18.0. The van der Waals surface area contributed by atoms with Crippen LogP contribution >= 0.6 is 0 Å². The molecule has 0 unspecified atom stereocenters. The summed E-state index contributed by atoms with van der Waals surface area (Å²) >= 11 is 0. The summed E-state index contributed by atoms with van der Waals surface area (Å²) in [4.78, 5) is 31.8. The lowest BCUT2D eigenvalue weighted by Gasteiger charge is -2.37. The molecular formula is C31H33F3N2O5. The highest BCUT2D eigenvalue weighted by Gasteiger charge is 2.37. The van der Waals surface area contributed by atoms with E-state index < -0.39 is 29.6 Å². The molecule has 1 atom stereocenters. The number of halogens is 3. The summed E-state index contributed by atoms with van der Waals surface area (Å²) in [5.74, 6) is -2.19. The Bertz CT molecular complexity index is 1340. The van der Waals surface area contributed by atoms with Crippen LogP contribution in [0.4, 0.5) is 18.9 Å². The van der Waals surface area contributed by atoms with Crippen molar-refractivity contribution in [1.29, 1.82) is 0 Å². The summed E-state index contributed by atoms with van der Waals surface area (Å²) in [6.45, 7) is 2.29. The maximum Gasteiger partial charge on any atom is 0.421 e. The smallest absolute Gasteiger partial charge is 0.421 e. The summed E-state index contributed by atoms with van der Waals surface area (Å²) in [7, 11) is 1.52. The van der Waals surface area contributed by atoms with E-state index in [1.807, 2.05) is 30.3 Å². The largest absolute Gasteiger partial charge is 0.478 e. The summed E-state index contributed by atoms with van der Waals surface area (Å²) in [5, 5.41) is 10.2. The number of carboxylic acid groups (broad SMARTS) is 1. The van der Waals surface area contributed by atoms with Crippen LogP contribution < -0.4 is 9.64 Å². The highest BCUT2D eigenvalue weighted by atomic mass is 19.4. The van der Waals surface area contributed by atoms with Gasteiger partial charge in [0.2, 0.25) is 11.8 Å². The number of amides is 1. The first-order valence-electron chi connectivity index (χ1n) is 13.5. The predicted octanol–water partition coefficient (Wildman–Crippen LogP) is 7.01. The third-order valence-electron chi connectivity index (χ3n) is 7.39. The van der Waals surface area contributed by atoms with Gasteiger partial charge in [0, 0.05) is 19.2 Å². The molecule has 1 aliphatic carbocycles. The maximum absolute atomic E-state index is 14.1. The van der Waals surface area contributed by atoms with Crippen molar-refractivity contribution in [1.82, 2.24) is 4.98 Å². The first-order valence-corrected chi connectivity index (χ1v) is 13.5. The van der Waals surface area contributed by atoms with E-state index in [1.54, 1.807) is 0 Å². The molecule has 1 aromatic heterocycles. The van der Waals surface area contributed by atoms with Gasteiger partial charge in [0.15, 0.2) is 0 Å². The van der Waals surface area contributed by atoms with Crippen molar-refractivity contribution in [3.05, 3.63) is 83.6 Å². The number of aromatic nitrogens is 1. The van der Waals surface area contributed by atoms with Gasteiger partial charge >= 0.3 is 12.1 Å². The van der Waals surface area contributed by atoms with Crippen LogP contribution in [-0.2, 0) is 22.1 Å². The van der Waals surface area contributed by atoms with E-state index in [9.17, 15) is 27.9 Å². The molecule has 1 heterocycles. The molecule has 10 heteroatoms. The van der Waals surface area contributed by atoms with Crippen molar-refractivity contribution >= 4 is 17.6 Å². The van der Waals surface area contributed by atoms with Crippen molar-refractivity contribution < 1.29 is 37.3 Å². The second-order valence-electron chi connectivity index (χ2n) is 10.4. The highest BCUT2D eigenvalue weighted by Crippen LogP contribution is 2.39. The minimum absolute atomic E-state index is 0.128. The Morgan fingerprint density at radius 2 is 1.76 bits per heavy atom. The Kier molecular flexibility index (Phi) is 9.65. The lowest BCUT2D eigenvalue weighted by atomic mass is 9.82. The number of carbonyl (C=O) groups is 2. The van der Waals surface area contributed by atoms with Gasteiger partial charge in [-0.3, -0.25) is 4.79 Å². The summed E-state index contributed by atoms with van der Waals surface area (Å²) in [6.07, 6.45) is -0.00396. The average molecular weight is 571 g/mol. The Morgan fingerprint density at radius 1 is 1.05 bits per heavy atom. The van der Waals surface area contributed by atoms with Crippen molar-refractivity contribution in [2.24, 2.45) is 11.8 Å². The fourth-order valence-corrected chi connectivity index (χ4v) is 5.26. The SMILES string of the molecule is COC[C@@H](Cc1ccccc1)N(C(=O)C1CCC(C)CC1)c1ccc(Oc2ncccc2C(F)(F)F)cc1C(=O)O. The number of ether oxygens (including phenoxy) is 2. The monoisotopic (exact) mass is 570 g/mol. The number of hydrogen-bond donors (Lipinski definition) is 1. The van der Waals surface area contributed by atoms with Crippen molar-refractivity contribution in [3.63, 3.8) is 0 Å². The lowest BCUT2D eigenvalue weighted by molar-refractivity contribution is -0.138. The van der Waals surface area contributed by atoms with Gasteiger partial charge in [0.1, 0.15) is 11.3 Å². The van der Waals surface area contributed by atoms with Crippen molar-refractivity contribution in [3.8, 4) is 11.6 Å². The number of carboxylic acids is 1. The molecule has 1 amide bonds. The molecule has 7 nitrogen and oxygen atoms in total. The Balaban J connectivity index is 1.76. The van der Waals surface area contributed by atoms with E-state index in [4.69, 9.17) is 9.47 Å². The highest BCUT2D eigenvalue weighted by molar-refractivity contribution is 6.03. The average Bonchev–Trinajstić information content (AvgIpc) is 2.94. The number of nitrogens with zero attached hydrogens (tertiary/aromatic N) is 2. The molecule has 3 aromatic rings. The molecule has 1 aliphatic rings. The summed E-state index contributed by atoms with van der Waals surface area (Å²) in [6, 6.07) is 14.8. The van der Waals surface area contributed by atoms with Crippen LogP contribution in [0, 0.1) is 11.8 Å². The first kappa shape index (κ1) is 30.0. The first-order chi connectivity index (χ1) is 19.6. The van der Waals surface area contributed by atoms with Gasteiger partial charge in [-0.1, -0.05) is 37.3 Å².